The second-order valence-electron chi connectivity index (χ2n) is 5.66. The third-order valence-electron chi connectivity index (χ3n) is 4.54. The summed E-state index contributed by atoms with van der Waals surface area (Å²) in [4.78, 5) is 1.54. The van der Waals surface area contributed by atoms with E-state index in [4.69, 9.17) is 0 Å². The Bertz CT molecular complexity index is 408. The van der Waals surface area contributed by atoms with Crippen LogP contribution >= 0.6 is 11.8 Å². The van der Waals surface area contributed by atoms with Crippen LogP contribution in [-0.2, 0) is 6.42 Å². The van der Waals surface area contributed by atoms with Crippen molar-refractivity contribution in [2.75, 3.05) is 12.8 Å². The van der Waals surface area contributed by atoms with Crippen LogP contribution < -0.4 is 5.32 Å². The van der Waals surface area contributed by atoms with Gasteiger partial charge in [-0.1, -0.05) is 12.1 Å². The van der Waals surface area contributed by atoms with Gasteiger partial charge in [0.25, 0.3) is 0 Å². The molecule has 0 spiro atoms. The summed E-state index contributed by atoms with van der Waals surface area (Å²) in [5.74, 6) is 2.12. The molecule has 0 radical (unpaired) electrons. The minimum Gasteiger partial charge on any atom is -0.317 e. The molecule has 0 saturated heterocycles. The number of benzene rings is 1. The Morgan fingerprint density at radius 1 is 1.17 bits per heavy atom. The van der Waals surface area contributed by atoms with Gasteiger partial charge in [-0.3, -0.25) is 0 Å². The van der Waals surface area contributed by atoms with Crippen molar-refractivity contribution in [3.8, 4) is 0 Å². The topological polar surface area (TPSA) is 12.0 Å². The molecule has 0 amide bonds. The number of aryl methyl sites for hydroxylation is 1. The maximum Gasteiger partial charge on any atom is 0.0104 e. The van der Waals surface area contributed by atoms with Crippen molar-refractivity contribution in [1.82, 2.24) is 5.32 Å². The lowest BCUT2D eigenvalue weighted by Gasteiger charge is -2.29. The van der Waals surface area contributed by atoms with Crippen molar-refractivity contribution in [2.45, 2.75) is 55.4 Å². The predicted octanol–water partition coefficient (Wildman–Crippen LogP) is 3.97. The fourth-order valence-corrected chi connectivity index (χ4v) is 4.37. The molecule has 2 heteroatoms. The number of thioether (sulfide) groups is 1. The van der Waals surface area contributed by atoms with Crippen LogP contribution in [0.1, 0.15) is 49.1 Å². The molecule has 18 heavy (non-hydrogen) atoms. The second-order valence-corrected chi connectivity index (χ2v) is 6.79. The molecule has 2 aliphatic rings. The maximum absolute atomic E-state index is 3.42. The van der Waals surface area contributed by atoms with Gasteiger partial charge in [-0.25, -0.2) is 0 Å². The van der Waals surface area contributed by atoms with E-state index in [0.29, 0.717) is 0 Å². The largest absolute Gasteiger partial charge is 0.317 e. The number of hydrogen-bond acceptors (Lipinski definition) is 2. The van der Waals surface area contributed by atoms with Crippen molar-refractivity contribution >= 4 is 11.8 Å². The van der Waals surface area contributed by atoms with Crippen molar-refractivity contribution in [1.29, 1.82) is 0 Å². The van der Waals surface area contributed by atoms with E-state index in [1.54, 1.807) is 11.1 Å². The van der Waals surface area contributed by atoms with E-state index >= 15 is 0 Å². The average Bonchev–Trinajstić information content (AvgIpc) is 2.47. The summed E-state index contributed by atoms with van der Waals surface area (Å²) in [5, 5.41) is 3.42. The van der Waals surface area contributed by atoms with E-state index in [-0.39, 0.29) is 0 Å². The molecular formula is C16H23NS. The fourth-order valence-electron chi connectivity index (χ4n) is 3.35. The molecule has 1 aromatic rings. The van der Waals surface area contributed by atoms with Gasteiger partial charge in [0, 0.05) is 10.9 Å². The Morgan fingerprint density at radius 2 is 2.00 bits per heavy atom. The van der Waals surface area contributed by atoms with E-state index in [2.05, 4.69) is 30.6 Å². The van der Waals surface area contributed by atoms with Crippen molar-refractivity contribution in [2.24, 2.45) is 0 Å². The summed E-state index contributed by atoms with van der Waals surface area (Å²) in [6.45, 7) is 0. The minimum atomic E-state index is 0.759. The van der Waals surface area contributed by atoms with Crippen molar-refractivity contribution < 1.29 is 0 Å². The van der Waals surface area contributed by atoms with Gasteiger partial charge in [-0.15, -0.1) is 11.8 Å². The first kappa shape index (κ1) is 12.6. The van der Waals surface area contributed by atoms with Crippen LogP contribution in [-0.4, -0.2) is 18.8 Å². The van der Waals surface area contributed by atoms with Gasteiger partial charge in [0.1, 0.15) is 0 Å². The van der Waals surface area contributed by atoms with Crippen LogP contribution in [0.3, 0.4) is 0 Å². The number of hydrogen-bond donors (Lipinski definition) is 1. The number of nitrogens with one attached hydrogen (secondary N) is 1. The first-order chi connectivity index (χ1) is 8.86. The van der Waals surface area contributed by atoms with Crippen molar-refractivity contribution in [3.63, 3.8) is 0 Å². The molecule has 0 atom stereocenters. The van der Waals surface area contributed by atoms with E-state index in [0.717, 1.165) is 12.0 Å². The fraction of sp³-hybridized carbons (Fsp3) is 0.625. The zero-order valence-electron chi connectivity index (χ0n) is 11.2. The monoisotopic (exact) mass is 261 g/mol. The van der Waals surface area contributed by atoms with Crippen molar-refractivity contribution in [3.05, 3.63) is 29.3 Å². The number of rotatable bonds is 2. The van der Waals surface area contributed by atoms with E-state index in [1.807, 2.05) is 11.8 Å². The average molecular weight is 261 g/mol. The van der Waals surface area contributed by atoms with Crippen LogP contribution in [0.25, 0.3) is 0 Å². The molecule has 98 valence electrons. The van der Waals surface area contributed by atoms with Gasteiger partial charge in [0.15, 0.2) is 0 Å². The predicted molar refractivity (Wildman–Crippen MR) is 79.5 cm³/mol. The molecule has 1 aliphatic heterocycles. The normalized spacial score (nSPS) is 27.8. The van der Waals surface area contributed by atoms with Gasteiger partial charge < -0.3 is 5.32 Å². The summed E-state index contributed by atoms with van der Waals surface area (Å²) >= 11 is 2.04. The van der Waals surface area contributed by atoms with E-state index in [9.17, 15) is 0 Å². The lowest BCUT2D eigenvalue weighted by atomic mass is 9.81. The van der Waals surface area contributed by atoms with E-state index < -0.39 is 0 Å². The zero-order chi connectivity index (χ0) is 12.4. The summed E-state index contributed by atoms with van der Waals surface area (Å²) in [6.07, 6.45) is 8.05. The summed E-state index contributed by atoms with van der Waals surface area (Å²) in [5.41, 5.74) is 3.21. The summed E-state index contributed by atoms with van der Waals surface area (Å²) in [7, 11) is 2.10. The molecule has 1 saturated carbocycles. The second kappa shape index (κ2) is 5.66. The Morgan fingerprint density at radius 3 is 2.78 bits per heavy atom. The van der Waals surface area contributed by atoms with Gasteiger partial charge in [0.2, 0.25) is 0 Å². The summed E-state index contributed by atoms with van der Waals surface area (Å²) in [6, 6.07) is 8.03. The van der Waals surface area contributed by atoms with Gasteiger partial charge in [-0.05, 0) is 74.4 Å². The Kier molecular flexibility index (Phi) is 3.95. The molecule has 1 aliphatic carbocycles. The SMILES string of the molecule is CNC1CCC(c2ccc3c(c2)CCCS3)CC1. The van der Waals surface area contributed by atoms with Gasteiger partial charge >= 0.3 is 0 Å². The Balaban J connectivity index is 1.73. The number of fused-ring (bicyclic) bond motifs is 1. The molecule has 1 N–H and O–H groups in total. The molecule has 0 aromatic heterocycles. The molecule has 1 nitrogen and oxygen atoms in total. The van der Waals surface area contributed by atoms with Gasteiger partial charge in [0.05, 0.1) is 0 Å². The molecular weight excluding hydrogens is 238 g/mol. The van der Waals surface area contributed by atoms with Crippen LogP contribution in [0.2, 0.25) is 0 Å². The highest BCUT2D eigenvalue weighted by Crippen LogP contribution is 2.37. The quantitative estimate of drug-likeness (QED) is 0.864. The molecule has 1 fully saturated rings. The lowest BCUT2D eigenvalue weighted by molar-refractivity contribution is 0.358. The van der Waals surface area contributed by atoms with Crippen LogP contribution in [0.4, 0.5) is 0 Å². The zero-order valence-corrected chi connectivity index (χ0v) is 12.1. The Labute approximate surface area is 115 Å². The highest BCUT2D eigenvalue weighted by atomic mass is 32.2. The molecule has 0 bridgehead atoms. The molecule has 1 aromatic carbocycles. The minimum absolute atomic E-state index is 0.759. The standard InChI is InChI=1S/C16H23NS/c1-17-15-7-4-12(5-8-15)13-6-9-16-14(11-13)3-2-10-18-16/h6,9,11-12,15,17H,2-5,7-8,10H2,1H3. The molecule has 1 heterocycles. The lowest BCUT2D eigenvalue weighted by Crippen LogP contribution is -2.29. The third kappa shape index (κ3) is 2.60. The summed E-state index contributed by atoms with van der Waals surface area (Å²) < 4.78 is 0. The molecule has 3 rings (SSSR count). The van der Waals surface area contributed by atoms with Crippen LogP contribution in [0.15, 0.2) is 23.1 Å². The first-order valence-electron chi connectivity index (χ1n) is 7.29. The highest BCUT2D eigenvalue weighted by molar-refractivity contribution is 7.99. The first-order valence-corrected chi connectivity index (χ1v) is 8.28. The van der Waals surface area contributed by atoms with Gasteiger partial charge in [-0.2, -0.15) is 0 Å². The van der Waals surface area contributed by atoms with Crippen LogP contribution in [0, 0.1) is 0 Å². The highest BCUT2D eigenvalue weighted by Gasteiger charge is 2.22. The molecule has 0 unspecified atom stereocenters. The third-order valence-corrected chi connectivity index (χ3v) is 5.74. The van der Waals surface area contributed by atoms with E-state index in [1.165, 1.54) is 49.2 Å². The van der Waals surface area contributed by atoms with Crippen LogP contribution in [0.5, 0.6) is 0 Å². The smallest absolute Gasteiger partial charge is 0.0104 e. The maximum atomic E-state index is 3.42. The Hall–Kier alpha value is -0.470.